The van der Waals surface area contributed by atoms with E-state index in [1.54, 1.807) is 4.90 Å². The predicted molar refractivity (Wildman–Crippen MR) is 63.6 cm³/mol. The standard InChI is InChI=1S/C11H21N3O3/c1-2-14(7-8-15)10(16)11(9(12)13-17)5-3-4-6-11/h15,17H,2-8H2,1H3,(H2,12,13). The Bertz CT molecular complexity index is 298. The lowest BCUT2D eigenvalue weighted by molar-refractivity contribution is -0.138. The zero-order valence-corrected chi connectivity index (χ0v) is 10.2. The average Bonchev–Trinajstić information content (AvgIpc) is 2.84. The number of aliphatic hydroxyl groups excluding tert-OH is 1. The van der Waals surface area contributed by atoms with E-state index in [4.69, 9.17) is 16.0 Å². The van der Waals surface area contributed by atoms with E-state index < -0.39 is 5.41 Å². The number of nitrogens with two attached hydrogens (primary N) is 1. The summed E-state index contributed by atoms with van der Waals surface area (Å²) in [5.74, 6) is -0.141. The Balaban J connectivity index is 2.94. The van der Waals surface area contributed by atoms with Crippen LogP contribution in [0.5, 0.6) is 0 Å². The second kappa shape index (κ2) is 5.86. The molecule has 0 unspecified atom stereocenters. The molecule has 0 aromatic carbocycles. The highest BCUT2D eigenvalue weighted by Gasteiger charge is 2.47. The van der Waals surface area contributed by atoms with Gasteiger partial charge in [-0.15, -0.1) is 0 Å². The number of hydrogen-bond acceptors (Lipinski definition) is 4. The number of rotatable bonds is 5. The Morgan fingerprint density at radius 3 is 2.47 bits per heavy atom. The molecule has 0 spiro atoms. The van der Waals surface area contributed by atoms with Gasteiger partial charge in [0.15, 0.2) is 5.84 Å². The zero-order valence-electron chi connectivity index (χ0n) is 10.2. The third-order valence-corrected chi connectivity index (χ3v) is 3.50. The number of nitrogens with zero attached hydrogens (tertiary/aromatic N) is 2. The van der Waals surface area contributed by atoms with Gasteiger partial charge in [0.1, 0.15) is 5.41 Å². The van der Waals surface area contributed by atoms with Crippen LogP contribution in [0.1, 0.15) is 32.6 Å². The van der Waals surface area contributed by atoms with Gasteiger partial charge in [0, 0.05) is 13.1 Å². The van der Waals surface area contributed by atoms with E-state index in [-0.39, 0.29) is 24.9 Å². The van der Waals surface area contributed by atoms with E-state index in [2.05, 4.69) is 5.16 Å². The van der Waals surface area contributed by atoms with Gasteiger partial charge in [0.05, 0.1) is 6.61 Å². The molecule has 1 aliphatic carbocycles. The van der Waals surface area contributed by atoms with Crippen molar-refractivity contribution >= 4 is 11.7 Å². The van der Waals surface area contributed by atoms with Crippen molar-refractivity contribution in [3.05, 3.63) is 0 Å². The van der Waals surface area contributed by atoms with Crippen molar-refractivity contribution in [2.24, 2.45) is 16.3 Å². The number of likely N-dealkylation sites (N-methyl/N-ethyl adjacent to an activating group) is 1. The first-order valence-corrected chi connectivity index (χ1v) is 6.00. The number of amidine groups is 1. The van der Waals surface area contributed by atoms with Crippen LogP contribution in [0, 0.1) is 5.41 Å². The lowest BCUT2D eigenvalue weighted by Crippen LogP contribution is -2.50. The van der Waals surface area contributed by atoms with Crippen molar-refractivity contribution in [3.63, 3.8) is 0 Å². The molecule has 98 valence electrons. The number of carbonyl (C=O) groups excluding carboxylic acids is 1. The van der Waals surface area contributed by atoms with Gasteiger partial charge < -0.3 is 20.9 Å². The molecule has 0 atom stereocenters. The fraction of sp³-hybridized carbons (Fsp3) is 0.818. The third-order valence-electron chi connectivity index (χ3n) is 3.50. The van der Waals surface area contributed by atoms with Crippen LogP contribution >= 0.6 is 0 Å². The Labute approximate surface area is 101 Å². The molecule has 0 radical (unpaired) electrons. The van der Waals surface area contributed by atoms with Crippen LogP contribution in [0.15, 0.2) is 5.16 Å². The van der Waals surface area contributed by atoms with E-state index in [0.29, 0.717) is 19.4 Å². The molecule has 17 heavy (non-hydrogen) atoms. The molecule has 6 heteroatoms. The van der Waals surface area contributed by atoms with Crippen molar-refractivity contribution < 1.29 is 15.1 Å². The number of oxime groups is 1. The van der Waals surface area contributed by atoms with Gasteiger partial charge in [0.2, 0.25) is 5.91 Å². The second-order valence-electron chi connectivity index (χ2n) is 4.38. The van der Waals surface area contributed by atoms with Gasteiger partial charge in [-0.25, -0.2) is 0 Å². The first-order chi connectivity index (χ1) is 8.12. The van der Waals surface area contributed by atoms with Crippen molar-refractivity contribution in [2.45, 2.75) is 32.6 Å². The fourth-order valence-electron chi connectivity index (χ4n) is 2.48. The highest BCUT2D eigenvalue weighted by Crippen LogP contribution is 2.40. The van der Waals surface area contributed by atoms with Gasteiger partial charge in [0.25, 0.3) is 0 Å². The molecule has 0 heterocycles. The summed E-state index contributed by atoms with van der Waals surface area (Å²) in [6.45, 7) is 2.57. The molecule has 0 aromatic rings. The largest absolute Gasteiger partial charge is 0.409 e. The van der Waals surface area contributed by atoms with Crippen LogP contribution in [0.3, 0.4) is 0 Å². The van der Waals surface area contributed by atoms with Crippen molar-refractivity contribution in [1.82, 2.24) is 4.90 Å². The molecule has 1 saturated carbocycles. The monoisotopic (exact) mass is 243 g/mol. The summed E-state index contributed by atoms with van der Waals surface area (Å²) in [7, 11) is 0. The SMILES string of the molecule is CCN(CCO)C(=O)C1(C(N)=NO)CCCC1. The molecule has 4 N–H and O–H groups in total. The minimum atomic E-state index is -0.861. The Hall–Kier alpha value is -1.30. The van der Waals surface area contributed by atoms with E-state index in [0.717, 1.165) is 12.8 Å². The Kier molecular flexibility index (Phi) is 4.74. The summed E-state index contributed by atoms with van der Waals surface area (Å²) >= 11 is 0. The maximum Gasteiger partial charge on any atom is 0.236 e. The van der Waals surface area contributed by atoms with Crippen molar-refractivity contribution in [3.8, 4) is 0 Å². The van der Waals surface area contributed by atoms with Crippen molar-refractivity contribution in [2.75, 3.05) is 19.7 Å². The molecule has 0 aromatic heterocycles. The molecule has 1 rings (SSSR count). The Morgan fingerprint density at radius 1 is 1.47 bits per heavy atom. The number of amides is 1. The number of aliphatic hydroxyl groups is 1. The van der Waals surface area contributed by atoms with Crippen LogP contribution in [0.4, 0.5) is 0 Å². The highest BCUT2D eigenvalue weighted by atomic mass is 16.4. The van der Waals surface area contributed by atoms with Gasteiger partial charge in [-0.05, 0) is 19.8 Å². The van der Waals surface area contributed by atoms with Crippen LogP contribution < -0.4 is 5.73 Å². The molecular weight excluding hydrogens is 222 g/mol. The van der Waals surface area contributed by atoms with E-state index in [9.17, 15) is 4.79 Å². The molecule has 0 saturated heterocycles. The van der Waals surface area contributed by atoms with E-state index in [1.807, 2.05) is 6.92 Å². The van der Waals surface area contributed by atoms with Crippen LogP contribution in [0.25, 0.3) is 0 Å². The molecule has 1 amide bonds. The molecule has 0 bridgehead atoms. The van der Waals surface area contributed by atoms with Crippen molar-refractivity contribution in [1.29, 1.82) is 0 Å². The van der Waals surface area contributed by atoms with E-state index in [1.165, 1.54) is 0 Å². The molecular formula is C11H21N3O3. The Morgan fingerprint density at radius 2 is 2.06 bits per heavy atom. The van der Waals surface area contributed by atoms with Crippen LogP contribution in [-0.2, 0) is 4.79 Å². The topological polar surface area (TPSA) is 99.2 Å². The third kappa shape index (κ3) is 2.52. The number of hydrogen-bond donors (Lipinski definition) is 3. The van der Waals surface area contributed by atoms with Gasteiger partial charge in [-0.3, -0.25) is 4.79 Å². The molecule has 1 aliphatic rings. The van der Waals surface area contributed by atoms with Gasteiger partial charge in [-0.2, -0.15) is 0 Å². The maximum absolute atomic E-state index is 12.4. The minimum absolute atomic E-state index is 0.00334. The summed E-state index contributed by atoms with van der Waals surface area (Å²) in [4.78, 5) is 14.0. The maximum atomic E-state index is 12.4. The van der Waals surface area contributed by atoms with Gasteiger partial charge >= 0.3 is 0 Å². The number of carbonyl (C=O) groups is 1. The quantitative estimate of drug-likeness (QED) is 0.277. The summed E-state index contributed by atoms with van der Waals surface area (Å²) in [5.41, 5.74) is 4.83. The smallest absolute Gasteiger partial charge is 0.236 e. The average molecular weight is 243 g/mol. The lowest BCUT2D eigenvalue weighted by Gasteiger charge is -2.32. The fourth-order valence-corrected chi connectivity index (χ4v) is 2.48. The van der Waals surface area contributed by atoms with E-state index >= 15 is 0 Å². The zero-order chi connectivity index (χ0) is 12.9. The molecule has 6 nitrogen and oxygen atoms in total. The van der Waals surface area contributed by atoms with Crippen LogP contribution in [0.2, 0.25) is 0 Å². The van der Waals surface area contributed by atoms with Gasteiger partial charge in [-0.1, -0.05) is 18.0 Å². The molecule has 1 fully saturated rings. The summed E-state index contributed by atoms with van der Waals surface area (Å²) in [6, 6.07) is 0. The summed E-state index contributed by atoms with van der Waals surface area (Å²) < 4.78 is 0. The second-order valence-corrected chi connectivity index (χ2v) is 4.38. The molecule has 0 aliphatic heterocycles. The first kappa shape index (κ1) is 13.8. The predicted octanol–water partition coefficient (Wildman–Crippen LogP) is 0.134. The minimum Gasteiger partial charge on any atom is -0.409 e. The summed E-state index contributed by atoms with van der Waals surface area (Å²) in [6.07, 6.45) is 3.03. The first-order valence-electron chi connectivity index (χ1n) is 6.00. The lowest BCUT2D eigenvalue weighted by atomic mass is 9.83. The van der Waals surface area contributed by atoms with Crippen LogP contribution in [-0.4, -0.2) is 46.7 Å². The normalized spacial score (nSPS) is 19.3. The summed E-state index contributed by atoms with van der Waals surface area (Å²) in [5, 5.41) is 20.8. The highest BCUT2D eigenvalue weighted by molar-refractivity contribution is 6.07.